The van der Waals surface area contributed by atoms with Gasteiger partial charge in [-0.3, -0.25) is 9.59 Å². The average Bonchev–Trinajstić information content (AvgIpc) is 3.09. The zero-order valence-corrected chi connectivity index (χ0v) is 14.9. The van der Waals surface area contributed by atoms with E-state index in [-0.39, 0.29) is 35.0 Å². The molecule has 2 aromatic carbocycles. The molecule has 3 aromatic rings. The number of carboxylic acids is 1. The first-order valence-electron chi connectivity index (χ1n) is 8.48. The first-order chi connectivity index (χ1) is 13.3. The van der Waals surface area contributed by atoms with Crippen molar-refractivity contribution in [1.82, 2.24) is 0 Å². The molecule has 3 rings (SSSR count). The quantitative estimate of drug-likeness (QED) is 0.376. The highest BCUT2D eigenvalue weighted by atomic mass is 16.4. The van der Waals surface area contributed by atoms with Gasteiger partial charge in [0.25, 0.3) is 0 Å². The van der Waals surface area contributed by atoms with Crippen LogP contribution in [0.3, 0.4) is 0 Å². The molecule has 0 unspecified atom stereocenters. The Hall–Kier alpha value is -3.74. The van der Waals surface area contributed by atoms with Gasteiger partial charge in [0.2, 0.25) is 0 Å². The molecule has 0 amide bonds. The fraction of sp³-hybridized carbons (Fsp3) is 0.143. The average molecular weight is 382 g/mol. The molecule has 0 bridgehead atoms. The van der Waals surface area contributed by atoms with Crippen molar-refractivity contribution in [3.63, 3.8) is 0 Å². The normalized spacial score (nSPS) is 12.5. The zero-order chi connectivity index (χ0) is 20.4. The lowest BCUT2D eigenvalue weighted by Gasteiger charge is -2.02. The van der Waals surface area contributed by atoms with E-state index in [9.17, 15) is 24.9 Å². The van der Waals surface area contributed by atoms with Gasteiger partial charge in [-0.2, -0.15) is 0 Å². The predicted octanol–water partition coefficient (Wildman–Crippen LogP) is 3.91. The molecule has 0 fully saturated rings. The van der Waals surface area contributed by atoms with E-state index in [0.717, 1.165) is 0 Å². The van der Waals surface area contributed by atoms with Gasteiger partial charge in [-0.15, -0.1) is 0 Å². The molecule has 0 spiro atoms. The molecule has 0 saturated heterocycles. The van der Waals surface area contributed by atoms with E-state index in [0.29, 0.717) is 22.3 Å². The Labute approximate surface area is 159 Å². The number of rotatable bonds is 6. The van der Waals surface area contributed by atoms with Crippen molar-refractivity contribution >= 4 is 28.8 Å². The second-order valence-corrected chi connectivity index (χ2v) is 6.47. The summed E-state index contributed by atoms with van der Waals surface area (Å²) in [6.07, 6.45) is 2.72. The molecule has 0 saturated carbocycles. The Morgan fingerprint density at radius 2 is 1.75 bits per heavy atom. The van der Waals surface area contributed by atoms with E-state index in [1.165, 1.54) is 37.3 Å². The largest absolute Gasteiger partial charge is 0.504 e. The molecular formula is C21H18O7. The van der Waals surface area contributed by atoms with Crippen molar-refractivity contribution < 1.29 is 34.4 Å². The number of carboxylic acid groups (broad SMARTS) is 1. The molecule has 144 valence electrons. The van der Waals surface area contributed by atoms with Crippen LogP contribution in [-0.2, 0) is 9.59 Å². The number of hydrogen-bond donors (Lipinski definition) is 4. The van der Waals surface area contributed by atoms with Gasteiger partial charge >= 0.3 is 5.97 Å². The fourth-order valence-electron chi connectivity index (χ4n) is 2.73. The second kappa shape index (κ2) is 7.48. The molecule has 4 N–H and O–H groups in total. The molecule has 0 aliphatic rings. The Bertz CT molecular complexity index is 1090. The number of hydrogen-bond acceptors (Lipinski definition) is 6. The van der Waals surface area contributed by atoms with Gasteiger partial charge < -0.3 is 24.8 Å². The summed E-state index contributed by atoms with van der Waals surface area (Å²) < 4.78 is 5.68. The SMILES string of the molecule is C[C@H](CC(=O)/C=C/c1ccc(O)c2oc(-c3ccc(O)c(O)c3)cc12)C(=O)O. The number of phenolic OH excluding ortho intramolecular Hbond substituents is 3. The highest BCUT2D eigenvalue weighted by Crippen LogP contribution is 2.37. The lowest BCUT2D eigenvalue weighted by molar-refractivity contribution is -0.142. The summed E-state index contributed by atoms with van der Waals surface area (Å²) in [5.74, 6) is -2.45. The Balaban J connectivity index is 1.96. The molecule has 1 aromatic heterocycles. The number of ketones is 1. The maximum Gasteiger partial charge on any atom is 0.306 e. The van der Waals surface area contributed by atoms with Crippen molar-refractivity contribution in [1.29, 1.82) is 0 Å². The van der Waals surface area contributed by atoms with Crippen LogP contribution in [0.2, 0.25) is 0 Å². The zero-order valence-electron chi connectivity index (χ0n) is 14.9. The number of phenols is 3. The Kier molecular flexibility index (Phi) is 5.08. The number of carbonyl (C=O) groups is 2. The van der Waals surface area contributed by atoms with Gasteiger partial charge in [-0.05, 0) is 42.0 Å². The summed E-state index contributed by atoms with van der Waals surface area (Å²) in [7, 11) is 0. The van der Waals surface area contributed by atoms with Crippen LogP contribution in [0, 0.1) is 5.92 Å². The van der Waals surface area contributed by atoms with E-state index in [1.54, 1.807) is 18.2 Å². The van der Waals surface area contributed by atoms with Gasteiger partial charge in [0, 0.05) is 17.4 Å². The summed E-state index contributed by atoms with van der Waals surface area (Å²) in [5.41, 5.74) is 1.30. The molecule has 0 aliphatic heterocycles. The highest BCUT2D eigenvalue weighted by molar-refractivity contribution is 5.99. The molecule has 7 nitrogen and oxygen atoms in total. The van der Waals surface area contributed by atoms with Crippen LogP contribution >= 0.6 is 0 Å². The summed E-state index contributed by atoms with van der Waals surface area (Å²) >= 11 is 0. The molecule has 1 heterocycles. The van der Waals surface area contributed by atoms with Gasteiger partial charge in [0.05, 0.1) is 5.92 Å². The molecule has 1 atom stereocenters. The van der Waals surface area contributed by atoms with E-state index >= 15 is 0 Å². The van der Waals surface area contributed by atoms with Crippen LogP contribution in [-0.4, -0.2) is 32.2 Å². The van der Waals surface area contributed by atoms with E-state index in [1.807, 2.05) is 0 Å². The summed E-state index contributed by atoms with van der Waals surface area (Å²) in [5, 5.41) is 38.6. The van der Waals surface area contributed by atoms with Crippen LogP contribution < -0.4 is 0 Å². The topological polar surface area (TPSA) is 128 Å². The molecule has 7 heteroatoms. The number of carbonyl (C=O) groups excluding carboxylic acids is 1. The van der Waals surface area contributed by atoms with Gasteiger partial charge in [0.1, 0.15) is 5.76 Å². The number of aliphatic carboxylic acids is 1. The minimum atomic E-state index is -1.04. The minimum absolute atomic E-state index is 0.0905. The minimum Gasteiger partial charge on any atom is -0.504 e. The first kappa shape index (κ1) is 19.0. The van der Waals surface area contributed by atoms with Crippen molar-refractivity contribution in [3.05, 3.63) is 48.0 Å². The maximum absolute atomic E-state index is 12.0. The number of benzene rings is 2. The van der Waals surface area contributed by atoms with Crippen molar-refractivity contribution in [3.8, 4) is 28.6 Å². The monoisotopic (exact) mass is 382 g/mol. The standard InChI is InChI=1S/C21H18O7/c1-11(21(26)27)8-14(22)5-2-12-3-7-17(24)20-15(12)10-19(28-20)13-4-6-16(23)18(25)9-13/h2-7,9-11,23-25H,8H2,1H3,(H,26,27)/b5-2+/t11-/m1/s1. The van der Waals surface area contributed by atoms with Crippen molar-refractivity contribution in [2.75, 3.05) is 0 Å². The summed E-state index contributed by atoms with van der Waals surface area (Å²) in [6, 6.07) is 8.88. The van der Waals surface area contributed by atoms with Gasteiger partial charge in [-0.1, -0.05) is 19.1 Å². The summed E-state index contributed by atoms with van der Waals surface area (Å²) in [4.78, 5) is 22.8. The summed E-state index contributed by atoms with van der Waals surface area (Å²) in [6.45, 7) is 1.46. The second-order valence-electron chi connectivity index (χ2n) is 6.47. The third kappa shape index (κ3) is 3.83. The molecule has 28 heavy (non-hydrogen) atoms. The van der Waals surface area contributed by atoms with Crippen LogP contribution in [0.15, 0.2) is 46.9 Å². The Morgan fingerprint density at radius 1 is 1.04 bits per heavy atom. The molecular weight excluding hydrogens is 364 g/mol. The molecule has 0 aliphatic carbocycles. The predicted molar refractivity (Wildman–Crippen MR) is 102 cm³/mol. The lowest BCUT2D eigenvalue weighted by Crippen LogP contribution is -2.13. The van der Waals surface area contributed by atoms with Crippen LogP contribution in [0.5, 0.6) is 17.2 Å². The van der Waals surface area contributed by atoms with E-state index in [4.69, 9.17) is 9.52 Å². The van der Waals surface area contributed by atoms with Crippen LogP contribution in [0.4, 0.5) is 0 Å². The van der Waals surface area contributed by atoms with Gasteiger partial charge in [-0.25, -0.2) is 0 Å². The maximum atomic E-state index is 12.0. The smallest absolute Gasteiger partial charge is 0.306 e. The Morgan fingerprint density at radius 3 is 2.43 bits per heavy atom. The fourth-order valence-corrected chi connectivity index (χ4v) is 2.73. The van der Waals surface area contributed by atoms with Crippen molar-refractivity contribution in [2.45, 2.75) is 13.3 Å². The van der Waals surface area contributed by atoms with Gasteiger partial charge in [0.15, 0.2) is 28.6 Å². The van der Waals surface area contributed by atoms with E-state index < -0.39 is 11.9 Å². The van der Waals surface area contributed by atoms with Crippen LogP contribution in [0.25, 0.3) is 28.4 Å². The van der Waals surface area contributed by atoms with Crippen molar-refractivity contribution in [2.24, 2.45) is 5.92 Å². The molecule has 0 radical (unpaired) electrons. The number of allylic oxidation sites excluding steroid dienone is 1. The lowest BCUT2D eigenvalue weighted by atomic mass is 10.0. The number of aromatic hydroxyl groups is 3. The number of furan rings is 1. The third-order valence-electron chi connectivity index (χ3n) is 4.33. The third-order valence-corrected chi connectivity index (χ3v) is 4.33. The van der Waals surface area contributed by atoms with Crippen LogP contribution in [0.1, 0.15) is 18.9 Å². The van der Waals surface area contributed by atoms with E-state index in [2.05, 4.69) is 0 Å². The number of fused-ring (bicyclic) bond motifs is 1. The first-order valence-corrected chi connectivity index (χ1v) is 8.48. The highest BCUT2D eigenvalue weighted by Gasteiger charge is 2.15.